The zero-order valence-electron chi connectivity index (χ0n) is 15.6. The van der Waals surface area contributed by atoms with Gasteiger partial charge in [0.15, 0.2) is 0 Å². The molecule has 2 aromatic carbocycles. The average Bonchev–Trinajstić information content (AvgIpc) is 2.70. The van der Waals surface area contributed by atoms with Gasteiger partial charge in [-0.15, -0.1) is 11.8 Å². The van der Waals surface area contributed by atoms with Crippen molar-refractivity contribution in [2.75, 3.05) is 19.0 Å². The van der Waals surface area contributed by atoms with E-state index in [9.17, 15) is 23.4 Å². The molecule has 0 saturated heterocycles. The molecule has 0 fully saturated rings. The molecule has 0 aliphatic heterocycles. The molecule has 0 aliphatic rings. The van der Waals surface area contributed by atoms with Gasteiger partial charge in [0.05, 0.1) is 24.3 Å². The summed E-state index contributed by atoms with van der Waals surface area (Å²) in [7, 11) is 0. The van der Waals surface area contributed by atoms with Gasteiger partial charge >= 0.3 is 6.18 Å². The largest absolute Gasteiger partial charge is 0.417 e. The Morgan fingerprint density at radius 3 is 2.18 bits per heavy atom. The summed E-state index contributed by atoms with van der Waals surface area (Å²) in [5, 5.41) is 18.5. The van der Waals surface area contributed by atoms with E-state index >= 15 is 0 Å². The summed E-state index contributed by atoms with van der Waals surface area (Å²) in [6, 6.07) is 14.2. The van der Waals surface area contributed by atoms with Crippen molar-refractivity contribution in [3.63, 3.8) is 0 Å². The summed E-state index contributed by atoms with van der Waals surface area (Å²) in [5.74, 6) is 0.595. The van der Waals surface area contributed by atoms with Gasteiger partial charge in [-0.25, -0.2) is 0 Å². The van der Waals surface area contributed by atoms with E-state index in [2.05, 4.69) is 0 Å². The number of rotatable bonds is 10. The van der Waals surface area contributed by atoms with Crippen LogP contribution in [0.15, 0.2) is 53.4 Å². The molecule has 0 atom stereocenters. The van der Waals surface area contributed by atoms with Gasteiger partial charge in [-0.1, -0.05) is 36.4 Å². The molecule has 0 spiro atoms. The Kier molecular flexibility index (Phi) is 8.37. The Hall–Kier alpha value is -1.54. The molecular weight excluding hydrogens is 387 g/mol. The molecule has 4 N–H and O–H groups in total. The highest BCUT2D eigenvalue weighted by Gasteiger charge is 2.34. The first kappa shape index (κ1) is 22.7. The van der Waals surface area contributed by atoms with Crippen LogP contribution in [0.4, 0.5) is 13.2 Å². The number of aryl methyl sites for hydroxylation is 2. The van der Waals surface area contributed by atoms with Crippen LogP contribution in [-0.2, 0) is 19.0 Å². The highest BCUT2D eigenvalue weighted by molar-refractivity contribution is 7.99. The van der Waals surface area contributed by atoms with E-state index in [0.717, 1.165) is 18.9 Å². The fourth-order valence-corrected chi connectivity index (χ4v) is 3.79. The second-order valence-electron chi connectivity index (χ2n) is 6.94. The van der Waals surface area contributed by atoms with Crippen LogP contribution < -0.4 is 5.73 Å². The summed E-state index contributed by atoms with van der Waals surface area (Å²) >= 11 is 1.21. The Morgan fingerprint density at radius 1 is 0.893 bits per heavy atom. The lowest BCUT2D eigenvalue weighted by Gasteiger charge is -2.24. The second-order valence-corrected chi connectivity index (χ2v) is 8.08. The van der Waals surface area contributed by atoms with Crippen LogP contribution in [0.25, 0.3) is 0 Å². The highest BCUT2D eigenvalue weighted by atomic mass is 32.2. The van der Waals surface area contributed by atoms with Gasteiger partial charge in [-0.2, -0.15) is 13.2 Å². The van der Waals surface area contributed by atoms with Crippen LogP contribution in [-0.4, -0.2) is 34.7 Å². The lowest BCUT2D eigenvalue weighted by molar-refractivity contribution is -0.139. The maximum Gasteiger partial charge on any atom is 0.417 e. The van der Waals surface area contributed by atoms with Crippen LogP contribution in [0.2, 0.25) is 0 Å². The van der Waals surface area contributed by atoms with E-state index in [1.807, 2.05) is 30.3 Å². The van der Waals surface area contributed by atoms with E-state index in [0.29, 0.717) is 11.3 Å². The molecular formula is C21H26F3NO2S. The predicted octanol–water partition coefficient (Wildman–Crippen LogP) is 4.05. The molecule has 154 valence electrons. The maximum atomic E-state index is 13.5. The van der Waals surface area contributed by atoms with E-state index < -0.39 is 30.5 Å². The van der Waals surface area contributed by atoms with Gasteiger partial charge in [0.1, 0.15) is 0 Å². The fraction of sp³-hybridized carbons (Fsp3) is 0.429. The lowest BCUT2D eigenvalue weighted by Crippen LogP contribution is -2.47. The van der Waals surface area contributed by atoms with Gasteiger partial charge in [0.25, 0.3) is 0 Å². The second kappa shape index (κ2) is 10.3. The van der Waals surface area contributed by atoms with Crippen LogP contribution in [0.5, 0.6) is 0 Å². The summed E-state index contributed by atoms with van der Waals surface area (Å²) in [6.07, 6.45) is -2.38. The molecule has 28 heavy (non-hydrogen) atoms. The van der Waals surface area contributed by atoms with Crippen molar-refractivity contribution in [3.8, 4) is 0 Å². The zero-order valence-corrected chi connectivity index (χ0v) is 16.4. The monoisotopic (exact) mass is 413 g/mol. The smallest absolute Gasteiger partial charge is 0.394 e. The first-order valence-corrected chi connectivity index (χ1v) is 10.1. The quantitative estimate of drug-likeness (QED) is 0.406. The molecule has 3 nitrogen and oxygen atoms in total. The summed E-state index contributed by atoms with van der Waals surface area (Å²) in [5.41, 5.74) is 5.62. The van der Waals surface area contributed by atoms with Crippen molar-refractivity contribution in [2.45, 2.75) is 42.3 Å². The minimum atomic E-state index is -4.44. The molecule has 2 rings (SSSR count). The number of alkyl halides is 3. The molecule has 0 bridgehead atoms. The van der Waals surface area contributed by atoms with E-state index in [1.54, 1.807) is 6.07 Å². The molecule has 0 unspecified atom stereocenters. The Labute approximate surface area is 167 Å². The molecule has 7 heteroatoms. The lowest BCUT2D eigenvalue weighted by atomic mass is 9.93. The van der Waals surface area contributed by atoms with Crippen molar-refractivity contribution in [2.24, 2.45) is 5.73 Å². The number of halogens is 3. The van der Waals surface area contributed by atoms with Gasteiger partial charge in [0.2, 0.25) is 0 Å². The topological polar surface area (TPSA) is 66.5 Å². The van der Waals surface area contributed by atoms with Gasteiger partial charge in [0, 0.05) is 4.90 Å². The van der Waals surface area contributed by atoms with Crippen LogP contribution in [0.3, 0.4) is 0 Å². The van der Waals surface area contributed by atoms with Crippen LogP contribution in [0, 0.1) is 0 Å². The maximum absolute atomic E-state index is 13.5. The number of aliphatic hydroxyl groups excluding tert-OH is 2. The number of aliphatic hydroxyl groups is 2. The molecule has 0 aliphatic carbocycles. The van der Waals surface area contributed by atoms with Crippen molar-refractivity contribution < 1.29 is 23.4 Å². The number of thioether (sulfide) groups is 1. The minimum Gasteiger partial charge on any atom is -0.394 e. The van der Waals surface area contributed by atoms with E-state index in [4.69, 9.17) is 5.73 Å². The minimum absolute atomic E-state index is 0.195. The van der Waals surface area contributed by atoms with E-state index in [1.165, 1.54) is 23.4 Å². The van der Waals surface area contributed by atoms with E-state index in [-0.39, 0.29) is 17.7 Å². The summed E-state index contributed by atoms with van der Waals surface area (Å²) in [4.78, 5) is 0.215. The molecule has 2 aromatic rings. The SMILES string of the molecule is NC(CO)(CO)CCc1ccc(SCCCc2ccccc2)c(C(F)(F)F)c1. The fourth-order valence-electron chi connectivity index (χ4n) is 2.78. The van der Waals surface area contributed by atoms with Crippen LogP contribution in [0.1, 0.15) is 29.5 Å². The zero-order chi connectivity index (χ0) is 20.6. The predicted molar refractivity (Wildman–Crippen MR) is 106 cm³/mol. The van der Waals surface area contributed by atoms with Crippen LogP contribution >= 0.6 is 11.8 Å². The number of benzene rings is 2. The summed E-state index contributed by atoms with van der Waals surface area (Å²) in [6.45, 7) is -0.851. The number of nitrogens with two attached hydrogens (primary N) is 1. The third-order valence-electron chi connectivity index (χ3n) is 4.60. The third kappa shape index (κ3) is 6.81. The molecule has 0 amide bonds. The third-order valence-corrected chi connectivity index (χ3v) is 5.76. The van der Waals surface area contributed by atoms with Gasteiger partial charge in [-0.05, 0) is 54.7 Å². The number of hydrogen-bond donors (Lipinski definition) is 3. The Bertz CT molecular complexity index is 734. The molecule has 0 radical (unpaired) electrons. The van der Waals surface area contributed by atoms with Crippen molar-refractivity contribution in [3.05, 3.63) is 65.2 Å². The normalized spacial score (nSPS) is 12.4. The molecule has 0 aromatic heterocycles. The van der Waals surface area contributed by atoms with Crippen molar-refractivity contribution in [1.82, 2.24) is 0 Å². The van der Waals surface area contributed by atoms with Crippen molar-refractivity contribution in [1.29, 1.82) is 0 Å². The highest BCUT2D eigenvalue weighted by Crippen LogP contribution is 2.38. The first-order chi connectivity index (χ1) is 13.3. The molecule has 0 saturated carbocycles. The summed E-state index contributed by atoms with van der Waals surface area (Å²) < 4.78 is 40.5. The Balaban J connectivity index is 2.01. The van der Waals surface area contributed by atoms with Crippen molar-refractivity contribution >= 4 is 11.8 Å². The number of hydrogen-bond acceptors (Lipinski definition) is 4. The Morgan fingerprint density at radius 2 is 1.57 bits per heavy atom. The van der Waals surface area contributed by atoms with Gasteiger partial charge < -0.3 is 15.9 Å². The average molecular weight is 414 g/mol. The molecule has 0 heterocycles. The standard InChI is InChI=1S/C21H26F3NO2S/c22-21(23,24)18-13-17(10-11-20(25,14-26)15-27)8-9-19(18)28-12-4-7-16-5-2-1-3-6-16/h1-3,5-6,8-9,13,26-27H,4,7,10-12,14-15,25H2. The first-order valence-electron chi connectivity index (χ1n) is 9.15. The van der Waals surface area contributed by atoms with Gasteiger partial charge in [-0.3, -0.25) is 0 Å².